The number of aromatic nitrogens is 1. The van der Waals surface area contributed by atoms with Gasteiger partial charge in [0.2, 0.25) is 5.91 Å². The maximum atomic E-state index is 11.8. The highest BCUT2D eigenvalue weighted by atomic mass is 16.1. The summed E-state index contributed by atoms with van der Waals surface area (Å²) in [4.78, 5) is 20.3. The molecule has 3 N–H and O–H groups in total. The molecule has 20 heavy (non-hydrogen) atoms. The summed E-state index contributed by atoms with van der Waals surface area (Å²) in [5.41, 5.74) is 0.877. The Bertz CT molecular complexity index is 451. The minimum Gasteiger partial charge on any atom is -0.357 e. The van der Waals surface area contributed by atoms with E-state index < -0.39 is 0 Å². The molecule has 110 valence electrons. The summed E-state index contributed by atoms with van der Waals surface area (Å²) in [5, 5.41) is 8.98. The van der Waals surface area contributed by atoms with Crippen molar-refractivity contribution in [2.45, 2.75) is 27.2 Å². The van der Waals surface area contributed by atoms with Crippen molar-refractivity contribution in [1.29, 1.82) is 0 Å². The Labute approximate surface area is 120 Å². The van der Waals surface area contributed by atoms with Crippen LogP contribution < -0.4 is 16.0 Å². The van der Waals surface area contributed by atoms with Gasteiger partial charge >= 0.3 is 0 Å². The molecule has 0 aliphatic rings. The molecular formula is C14H23N5O. The van der Waals surface area contributed by atoms with Crippen molar-refractivity contribution in [1.82, 2.24) is 15.6 Å². The van der Waals surface area contributed by atoms with Crippen molar-refractivity contribution in [3.8, 4) is 0 Å². The predicted octanol–water partition coefficient (Wildman–Crippen LogP) is 1.29. The van der Waals surface area contributed by atoms with Crippen LogP contribution in [0.25, 0.3) is 0 Å². The van der Waals surface area contributed by atoms with Crippen LogP contribution in [0.15, 0.2) is 23.2 Å². The molecule has 0 radical (unpaired) electrons. The number of carbonyl (C=O) groups excluding carboxylic acids is 1. The zero-order valence-electron chi connectivity index (χ0n) is 12.4. The zero-order chi connectivity index (χ0) is 14.8. The van der Waals surface area contributed by atoms with Gasteiger partial charge in [0.25, 0.3) is 0 Å². The Morgan fingerprint density at radius 1 is 1.25 bits per heavy atom. The normalized spacial score (nSPS) is 9.75. The van der Waals surface area contributed by atoms with Gasteiger partial charge in [-0.15, -0.1) is 0 Å². The summed E-state index contributed by atoms with van der Waals surface area (Å²) >= 11 is 0. The number of aryl methyl sites for hydroxylation is 1. The van der Waals surface area contributed by atoms with E-state index in [9.17, 15) is 4.79 Å². The van der Waals surface area contributed by atoms with E-state index in [-0.39, 0.29) is 5.91 Å². The number of pyridine rings is 1. The third-order valence-corrected chi connectivity index (χ3v) is 2.45. The van der Waals surface area contributed by atoms with Gasteiger partial charge in [-0.3, -0.25) is 9.79 Å². The van der Waals surface area contributed by atoms with Crippen molar-refractivity contribution < 1.29 is 4.79 Å². The quantitative estimate of drug-likeness (QED) is 0.541. The molecular weight excluding hydrogens is 254 g/mol. The number of guanidine groups is 1. The third-order valence-electron chi connectivity index (χ3n) is 2.45. The lowest BCUT2D eigenvalue weighted by molar-refractivity contribution is -0.116. The SMILES string of the molecule is CCNC(=NCCC(=O)Nc1cccc(C)n1)NCC. The molecule has 0 atom stereocenters. The van der Waals surface area contributed by atoms with Gasteiger partial charge < -0.3 is 16.0 Å². The van der Waals surface area contributed by atoms with Crippen LogP contribution in [0, 0.1) is 6.92 Å². The molecule has 1 rings (SSSR count). The van der Waals surface area contributed by atoms with E-state index >= 15 is 0 Å². The number of anilines is 1. The molecule has 6 nitrogen and oxygen atoms in total. The standard InChI is InChI=1S/C14H23N5O/c1-4-15-14(16-5-2)17-10-9-13(20)19-12-8-6-7-11(3)18-12/h6-8H,4-5,9-10H2,1-3H3,(H2,15,16,17)(H,18,19,20). The highest BCUT2D eigenvalue weighted by Crippen LogP contribution is 2.04. The molecule has 0 saturated carbocycles. The summed E-state index contributed by atoms with van der Waals surface area (Å²) in [6.45, 7) is 7.93. The number of amides is 1. The molecule has 1 amide bonds. The van der Waals surface area contributed by atoms with Crippen LogP contribution in [-0.2, 0) is 4.79 Å². The lowest BCUT2D eigenvalue weighted by Gasteiger charge is -2.09. The van der Waals surface area contributed by atoms with Crippen LogP contribution in [0.5, 0.6) is 0 Å². The first-order chi connectivity index (χ1) is 9.65. The molecule has 0 fully saturated rings. The van der Waals surface area contributed by atoms with E-state index in [2.05, 4.69) is 25.9 Å². The van der Waals surface area contributed by atoms with E-state index in [4.69, 9.17) is 0 Å². The first-order valence-corrected chi connectivity index (χ1v) is 6.91. The smallest absolute Gasteiger partial charge is 0.227 e. The number of nitrogens with zero attached hydrogens (tertiary/aromatic N) is 2. The first-order valence-electron chi connectivity index (χ1n) is 6.91. The lowest BCUT2D eigenvalue weighted by Crippen LogP contribution is -2.37. The number of hydrogen-bond acceptors (Lipinski definition) is 3. The second-order valence-electron chi connectivity index (χ2n) is 4.25. The maximum Gasteiger partial charge on any atom is 0.227 e. The van der Waals surface area contributed by atoms with E-state index in [0.717, 1.165) is 24.7 Å². The topological polar surface area (TPSA) is 78.4 Å². The molecule has 0 aromatic carbocycles. The Kier molecular flexibility index (Phi) is 7.10. The van der Waals surface area contributed by atoms with Crippen molar-refractivity contribution in [3.63, 3.8) is 0 Å². The van der Waals surface area contributed by atoms with Crippen molar-refractivity contribution in [2.24, 2.45) is 4.99 Å². The molecule has 6 heteroatoms. The van der Waals surface area contributed by atoms with Crippen molar-refractivity contribution in [2.75, 3.05) is 25.0 Å². The van der Waals surface area contributed by atoms with Gasteiger partial charge in [0.15, 0.2) is 5.96 Å². The second kappa shape index (κ2) is 8.90. The monoisotopic (exact) mass is 277 g/mol. The Balaban J connectivity index is 2.40. The average Bonchev–Trinajstić information content (AvgIpc) is 2.39. The number of carbonyl (C=O) groups is 1. The van der Waals surface area contributed by atoms with Gasteiger partial charge in [-0.2, -0.15) is 0 Å². The minimum absolute atomic E-state index is 0.0841. The highest BCUT2D eigenvalue weighted by Gasteiger charge is 2.03. The van der Waals surface area contributed by atoms with Crippen LogP contribution in [0.2, 0.25) is 0 Å². The van der Waals surface area contributed by atoms with E-state index in [1.807, 2.05) is 32.9 Å². The van der Waals surface area contributed by atoms with Crippen LogP contribution >= 0.6 is 0 Å². The van der Waals surface area contributed by atoms with Gasteiger partial charge in [-0.05, 0) is 32.9 Å². The number of rotatable bonds is 6. The summed E-state index contributed by atoms with van der Waals surface area (Å²) in [6, 6.07) is 5.53. The van der Waals surface area contributed by atoms with Crippen molar-refractivity contribution >= 4 is 17.7 Å². The zero-order valence-corrected chi connectivity index (χ0v) is 12.4. The van der Waals surface area contributed by atoms with Crippen LogP contribution in [0.1, 0.15) is 26.0 Å². The lowest BCUT2D eigenvalue weighted by atomic mass is 10.3. The third kappa shape index (κ3) is 6.17. The number of aliphatic imine (C=N–C) groups is 1. The molecule has 0 bridgehead atoms. The minimum atomic E-state index is -0.0841. The molecule has 0 spiro atoms. The average molecular weight is 277 g/mol. The van der Waals surface area contributed by atoms with Crippen LogP contribution in [0.4, 0.5) is 5.82 Å². The van der Waals surface area contributed by atoms with E-state index in [1.165, 1.54) is 0 Å². The fourth-order valence-electron chi connectivity index (χ4n) is 1.60. The molecule has 1 aromatic heterocycles. The summed E-state index contributed by atoms with van der Waals surface area (Å²) in [7, 11) is 0. The summed E-state index contributed by atoms with van der Waals surface area (Å²) < 4.78 is 0. The molecule has 0 aliphatic carbocycles. The Morgan fingerprint density at radius 2 is 1.95 bits per heavy atom. The van der Waals surface area contributed by atoms with Gasteiger partial charge in [0.05, 0.1) is 6.54 Å². The number of hydrogen-bond donors (Lipinski definition) is 3. The summed E-state index contributed by atoms with van der Waals surface area (Å²) in [6.07, 6.45) is 0.329. The van der Waals surface area contributed by atoms with Gasteiger partial charge in [-0.1, -0.05) is 6.07 Å². The molecule has 0 aliphatic heterocycles. The second-order valence-corrected chi connectivity index (χ2v) is 4.25. The maximum absolute atomic E-state index is 11.8. The van der Waals surface area contributed by atoms with E-state index in [1.54, 1.807) is 6.07 Å². The molecule has 1 aromatic rings. The molecule has 0 saturated heterocycles. The van der Waals surface area contributed by atoms with Crippen LogP contribution in [-0.4, -0.2) is 36.5 Å². The largest absolute Gasteiger partial charge is 0.357 e. The van der Waals surface area contributed by atoms with Crippen molar-refractivity contribution in [3.05, 3.63) is 23.9 Å². The van der Waals surface area contributed by atoms with Gasteiger partial charge in [0, 0.05) is 25.2 Å². The molecule has 1 heterocycles. The fraction of sp³-hybridized carbons (Fsp3) is 0.500. The van der Waals surface area contributed by atoms with Gasteiger partial charge in [0.1, 0.15) is 5.82 Å². The predicted molar refractivity (Wildman–Crippen MR) is 81.9 cm³/mol. The first kappa shape index (κ1) is 15.9. The highest BCUT2D eigenvalue weighted by molar-refractivity contribution is 5.90. The number of nitrogens with one attached hydrogen (secondary N) is 3. The fourth-order valence-corrected chi connectivity index (χ4v) is 1.60. The van der Waals surface area contributed by atoms with Gasteiger partial charge in [-0.25, -0.2) is 4.98 Å². The van der Waals surface area contributed by atoms with E-state index in [0.29, 0.717) is 18.8 Å². The molecule has 0 unspecified atom stereocenters. The summed E-state index contributed by atoms with van der Waals surface area (Å²) in [5.74, 6) is 1.23. The Morgan fingerprint density at radius 3 is 2.55 bits per heavy atom. The Hall–Kier alpha value is -2.11. The van der Waals surface area contributed by atoms with Crippen LogP contribution in [0.3, 0.4) is 0 Å².